The molecule has 0 bridgehead atoms. The molecule has 0 atom stereocenters. The molecule has 0 aromatic heterocycles. The fourth-order valence-electron chi connectivity index (χ4n) is 1.27. The molecule has 11 heavy (non-hydrogen) atoms. The van der Waals surface area contributed by atoms with Gasteiger partial charge in [-0.2, -0.15) is 0 Å². The Morgan fingerprint density at radius 3 is 2.73 bits per heavy atom. The summed E-state index contributed by atoms with van der Waals surface area (Å²) in [5.41, 5.74) is 4.31. The molecule has 0 N–H and O–H groups in total. The fourth-order valence-corrected chi connectivity index (χ4v) is 1.27. The van der Waals surface area contributed by atoms with Gasteiger partial charge >= 0.3 is 0 Å². The van der Waals surface area contributed by atoms with E-state index in [4.69, 9.17) is 0 Å². The Bertz CT molecular complexity index is 348. The molecule has 1 nitrogen and oxygen atoms in total. The van der Waals surface area contributed by atoms with Crippen LogP contribution in [0.15, 0.2) is 35.8 Å². The molecular weight excluding hydrogens is 134 g/mol. The number of benzene rings is 1. The van der Waals surface area contributed by atoms with Crippen molar-refractivity contribution in [3.05, 3.63) is 36.4 Å². The van der Waals surface area contributed by atoms with Gasteiger partial charge in [0.25, 0.3) is 0 Å². The molecule has 1 aromatic carbocycles. The van der Waals surface area contributed by atoms with Crippen molar-refractivity contribution in [2.24, 2.45) is 4.99 Å². The highest BCUT2D eigenvalue weighted by Crippen LogP contribution is 2.32. The van der Waals surface area contributed by atoms with Crippen LogP contribution in [0, 0.1) is 0 Å². The van der Waals surface area contributed by atoms with E-state index >= 15 is 0 Å². The lowest BCUT2D eigenvalue weighted by Gasteiger charge is -1.95. The third-order valence-corrected chi connectivity index (χ3v) is 1.95. The topological polar surface area (TPSA) is 12.4 Å². The first kappa shape index (κ1) is 6.35. The summed E-state index contributed by atoms with van der Waals surface area (Å²) in [5.74, 6) is 0. The molecule has 1 aliphatic heterocycles. The van der Waals surface area contributed by atoms with Gasteiger partial charge in [0.15, 0.2) is 0 Å². The van der Waals surface area contributed by atoms with Crippen molar-refractivity contribution < 1.29 is 0 Å². The van der Waals surface area contributed by atoms with Crippen molar-refractivity contribution in [1.29, 1.82) is 0 Å². The van der Waals surface area contributed by atoms with E-state index in [0.717, 1.165) is 17.0 Å². The molecule has 0 aliphatic carbocycles. The summed E-state index contributed by atoms with van der Waals surface area (Å²) < 4.78 is 0. The van der Waals surface area contributed by atoms with E-state index in [1.165, 1.54) is 5.56 Å². The molecule has 1 heterocycles. The number of fused-ring (bicyclic) bond motifs is 1. The molecule has 1 aromatic rings. The van der Waals surface area contributed by atoms with Crippen LogP contribution in [0.5, 0.6) is 0 Å². The van der Waals surface area contributed by atoms with Crippen molar-refractivity contribution in [2.45, 2.75) is 6.92 Å². The molecule has 0 amide bonds. The monoisotopic (exact) mass is 143 g/mol. The van der Waals surface area contributed by atoms with Gasteiger partial charge in [0.1, 0.15) is 0 Å². The number of rotatable bonds is 0. The second-order valence-electron chi connectivity index (χ2n) is 2.69. The smallest absolute Gasteiger partial charge is 0.0711 e. The van der Waals surface area contributed by atoms with Crippen LogP contribution in [0.2, 0.25) is 0 Å². The van der Waals surface area contributed by atoms with E-state index in [0.29, 0.717) is 0 Å². The molecule has 0 saturated carbocycles. The zero-order valence-electron chi connectivity index (χ0n) is 6.46. The zero-order valence-corrected chi connectivity index (χ0v) is 6.46. The highest BCUT2D eigenvalue weighted by atomic mass is 14.8. The number of allylic oxidation sites excluding steroid dienone is 1. The average Bonchev–Trinajstić information content (AvgIpc) is 2.30. The zero-order chi connectivity index (χ0) is 7.84. The highest BCUT2D eigenvalue weighted by molar-refractivity contribution is 6.27. The van der Waals surface area contributed by atoms with Crippen LogP contribution in [0.4, 0.5) is 5.69 Å². The van der Waals surface area contributed by atoms with Crippen LogP contribution < -0.4 is 0 Å². The number of hydrogen-bond donors (Lipinski definition) is 0. The Labute approximate surface area is 66.1 Å². The maximum atomic E-state index is 4.35. The van der Waals surface area contributed by atoms with Crippen LogP contribution in [0.1, 0.15) is 12.5 Å². The first-order chi connectivity index (χ1) is 5.29. The maximum absolute atomic E-state index is 4.35. The molecule has 1 heteroatoms. The molecule has 2 rings (SSSR count). The molecule has 0 spiro atoms. The molecule has 0 unspecified atom stereocenters. The van der Waals surface area contributed by atoms with Gasteiger partial charge in [-0.15, -0.1) is 0 Å². The second-order valence-corrected chi connectivity index (χ2v) is 2.69. The number of nitrogens with zero attached hydrogens (tertiary/aromatic N) is 1. The lowest BCUT2D eigenvalue weighted by atomic mass is 10.1. The second kappa shape index (κ2) is 2.06. The Hall–Kier alpha value is -1.37. The van der Waals surface area contributed by atoms with E-state index in [1.807, 2.05) is 25.1 Å². The van der Waals surface area contributed by atoms with Gasteiger partial charge in [0.2, 0.25) is 0 Å². The van der Waals surface area contributed by atoms with Gasteiger partial charge in [-0.25, -0.2) is 0 Å². The normalized spacial score (nSPS) is 14.6. The summed E-state index contributed by atoms with van der Waals surface area (Å²) in [6.07, 6.45) is 0. The minimum atomic E-state index is 1.03. The van der Waals surface area contributed by atoms with Gasteiger partial charge < -0.3 is 0 Å². The van der Waals surface area contributed by atoms with Crippen LogP contribution >= 0.6 is 0 Å². The maximum Gasteiger partial charge on any atom is 0.0711 e. The van der Waals surface area contributed by atoms with E-state index in [2.05, 4.69) is 17.6 Å². The quantitative estimate of drug-likeness (QED) is 0.529. The third kappa shape index (κ3) is 0.811. The predicted molar refractivity (Wildman–Crippen MR) is 48.2 cm³/mol. The average molecular weight is 143 g/mol. The number of para-hydroxylation sites is 1. The lowest BCUT2D eigenvalue weighted by Crippen LogP contribution is -1.85. The van der Waals surface area contributed by atoms with Gasteiger partial charge in [0, 0.05) is 11.3 Å². The SMILES string of the molecule is C=C1C(C)=Nc2ccccc21. The van der Waals surface area contributed by atoms with Crippen molar-refractivity contribution in [3.63, 3.8) is 0 Å². The van der Waals surface area contributed by atoms with Crippen molar-refractivity contribution in [2.75, 3.05) is 0 Å². The summed E-state index contributed by atoms with van der Waals surface area (Å²) >= 11 is 0. The van der Waals surface area contributed by atoms with Crippen LogP contribution in [0.25, 0.3) is 5.57 Å². The van der Waals surface area contributed by atoms with Crippen LogP contribution in [-0.4, -0.2) is 5.71 Å². The Kier molecular flexibility index (Phi) is 1.19. The highest BCUT2D eigenvalue weighted by Gasteiger charge is 2.13. The summed E-state index contributed by atoms with van der Waals surface area (Å²) in [4.78, 5) is 4.35. The van der Waals surface area contributed by atoms with Crippen LogP contribution in [-0.2, 0) is 0 Å². The van der Waals surface area contributed by atoms with Crippen molar-refractivity contribution in [3.8, 4) is 0 Å². The Balaban J connectivity index is 2.67. The number of aliphatic imine (C=N–C) groups is 1. The molecule has 0 radical (unpaired) electrons. The van der Waals surface area contributed by atoms with Crippen molar-refractivity contribution in [1.82, 2.24) is 0 Å². The lowest BCUT2D eigenvalue weighted by molar-refractivity contribution is 1.54. The largest absolute Gasteiger partial charge is 0.252 e. The standard InChI is InChI=1S/C10H9N/c1-7-8(2)11-10-6-4-3-5-9(7)10/h3-6H,1H2,2H3. The van der Waals surface area contributed by atoms with E-state index in [-0.39, 0.29) is 0 Å². The number of hydrogen-bond acceptors (Lipinski definition) is 1. The molecule has 0 saturated heterocycles. The first-order valence-electron chi connectivity index (χ1n) is 3.63. The minimum Gasteiger partial charge on any atom is -0.252 e. The van der Waals surface area contributed by atoms with E-state index in [9.17, 15) is 0 Å². The molecule has 0 fully saturated rings. The summed E-state index contributed by atoms with van der Waals surface area (Å²) in [6.45, 7) is 5.93. The summed E-state index contributed by atoms with van der Waals surface area (Å²) in [7, 11) is 0. The summed E-state index contributed by atoms with van der Waals surface area (Å²) in [5, 5.41) is 0. The van der Waals surface area contributed by atoms with Gasteiger partial charge in [-0.3, -0.25) is 4.99 Å². The van der Waals surface area contributed by atoms with Crippen LogP contribution in [0.3, 0.4) is 0 Å². The Morgan fingerprint density at radius 2 is 2.00 bits per heavy atom. The van der Waals surface area contributed by atoms with Crippen molar-refractivity contribution >= 4 is 17.0 Å². The van der Waals surface area contributed by atoms with Gasteiger partial charge in [-0.1, -0.05) is 24.8 Å². The minimum absolute atomic E-state index is 1.03. The van der Waals surface area contributed by atoms with Gasteiger partial charge in [0.05, 0.1) is 5.69 Å². The van der Waals surface area contributed by atoms with E-state index < -0.39 is 0 Å². The molecule has 1 aliphatic rings. The van der Waals surface area contributed by atoms with E-state index in [1.54, 1.807) is 0 Å². The fraction of sp³-hybridized carbons (Fsp3) is 0.100. The molecule has 54 valence electrons. The molecular formula is C10H9N. The predicted octanol–water partition coefficient (Wildman–Crippen LogP) is 2.81. The summed E-state index contributed by atoms with van der Waals surface area (Å²) in [6, 6.07) is 8.07. The third-order valence-electron chi connectivity index (χ3n) is 1.95. The first-order valence-corrected chi connectivity index (χ1v) is 3.63. The van der Waals surface area contributed by atoms with Gasteiger partial charge in [-0.05, 0) is 18.6 Å². The Morgan fingerprint density at radius 1 is 1.27 bits per heavy atom.